The molecule has 0 atom stereocenters. The average molecular weight is 492 g/mol. The molecule has 0 saturated heterocycles. The third-order valence-corrected chi connectivity index (χ3v) is 4.78. The molecular weight excluding hydrogens is 466 g/mol. The van der Waals surface area contributed by atoms with Gasteiger partial charge < -0.3 is 19.1 Å². The Balaban J connectivity index is 1.97. The molecule has 0 radical (unpaired) electrons. The fraction of sp³-hybridized carbons (Fsp3) is 0.318. The standard InChI is InChI=1S/C22H26BrN3O5/c1-14-6-7-15(2)18(8-14)30-12-20(27)25-24-11-16-9-17(23)22(19(10-16)29-5)31-13-21(28)26(3)4/h6-11H,12-13H2,1-5H3,(H,25,27). The number of nitrogens with zero attached hydrogens (tertiary/aromatic N) is 2. The topological polar surface area (TPSA) is 89.5 Å². The van der Waals surface area contributed by atoms with Crippen LogP contribution in [0.5, 0.6) is 17.2 Å². The largest absolute Gasteiger partial charge is 0.493 e. The molecule has 166 valence electrons. The van der Waals surface area contributed by atoms with Gasteiger partial charge in [-0.1, -0.05) is 12.1 Å². The van der Waals surface area contributed by atoms with Crippen molar-refractivity contribution in [2.24, 2.45) is 5.10 Å². The SMILES string of the molecule is COc1cc(C=NNC(=O)COc2cc(C)ccc2C)cc(Br)c1OCC(=O)N(C)C. The van der Waals surface area contributed by atoms with Gasteiger partial charge in [0.2, 0.25) is 0 Å². The first-order chi connectivity index (χ1) is 14.7. The molecule has 0 fully saturated rings. The van der Waals surface area contributed by atoms with Crippen LogP contribution in [0.25, 0.3) is 0 Å². The Bertz CT molecular complexity index is 976. The van der Waals surface area contributed by atoms with Gasteiger partial charge in [-0.15, -0.1) is 0 Å². The number of ether oxygens (including phenoxy) is 3. The summed E-state index contributed by atoms with van der Waals surface area (Å²) in [5.41, 5.74) is 5.09. The Hall–Kier alpha value is -3.07. The Morgan fingerprint density at radius 2 is 1.84 bits per heavy atom. The summed E-state index contributed by atoms with van der Waals surface area (Å²) >= 11 is 3.41. The van der Waals surface area contributed by atoms with E-state index in [1.807, 2.05) is 32.0 Å². The van der Waals surface area contributed by atoms with Crippen LogP contribution in [-0.2, 0) is 9.59 Å². The van der Waals surface area contributed by atoms with Gasteiger partial charge in [0.15, 0.2) is 24.7 Å². The van der Waals surface area contributed by atoms with E-state index in [2.05, 4.69) is 26.5 Å². The molecule has 8 nitrogen and oxygen atoms in total. The third kappa shape index (κ3) is 7.29. The maximum absolute atomic E-state index is 12.0. The molecule has 0 aromatic heterocycles. The lowest BCUT2D eigenvalue weighted by atomic mass is 10.1. The molecule has 2 rings (SSSR count). The number of aryl methyl sites for hydroxylation is 2. The van der Waals surface area contributed by atoms with Crippen molar-refractivity contribution in [3.05, 3.63) is 51.5 Å². The number of methoxy groups -OCH3 is 1. The van der Waals surface area contributed by atoms with Crippen LogP contribution in [0, 0.1) is 13.8 Å². The van der Waals surface area contributed by atoms with Gasteiger partial charge in [0.25, 0.3) is 11.8 Å². The van der Waals surface area contributed by atoms with Crippen molar-refractivity contribution >= 4 is 34.0 Å². The zero-order valence-electron chi connectivity index (χ0n) is 18.2. The first kappa shape index (κ1) is 24.2. The van der Waals surface area contributed by atoms with E-state index in [0.717, 1.165) is 11.1 Å². The summed E-state index contributed by atoms with van der Waals surface area (Å²) in [7, 11) is 4.80. The molecule has 0 spiro atoms. The van der Waals surface area contributed by atoms with Crippen LogP contribution in [0.2, 0.25) is 0 Å². The van der Waals surface area contributed by atoms with Crippen LogP contribution in [0.4, 0.5) is 0 Å². The van der Waals surface area contributed by atoms with Crippen molar-refractivity contribution in [1.82, 2.24) is 10.3 Å². The first-order valence-electron chi connectivity index (χ1n) is 9.43. The molecule has 0 aliphatic rings. The average Bonchev–Trinajstić information content (AvgIpc) is 2.72. The lowest BCUT2D eigenvalue weighted by Crippen LogP contribution is -2.27. The van der Waals surface area contributed by atoms with Gasteiger partial charge in [-0.25, -0.2) is 5.43 Å². The molecular formula is C22H26BrN3O5. The van der Waals surface area contributed by atoms with Crippen LogP contribution < -0.4 is 19.6 Å². The van der Waals surface area contributed by atoms with Crippen LogP contribution in [0.1, 0.15) is 16.7 Å². The van der Waals surface area contributed by atoms with Gasteiger partial charge in [-0.3, -0.25) is 9.59 Å². The second-order valence-corrected chi connectivity index (χ2v) is 7.82. The maximum Gasteiger partial charge on any atom is 0.277 e. The van der Waals surface area contributed by atoms with E-state index in [1.165, 1.54) is 18.2 Å². The van der Waals surface area contributed by atoms with E-state index in [9.17, 15) is 9.59 Å². The molecule has 2 aromatic rings. The van der Waals surface area contributed by atoms with Gasteiger partial charge in [-0.2, -0.15) is 5.10 Å². The minimum absolute atomic E-state index is 0.119. The quantitative estimate of drug-likeness (QED) is 0.430. The Kier molecular flexibility index (Phi) is 8.87. The van der Waals surface area contributed by atoms with E-state index >= 15 is 0 Å². The zero-order chi connectivity index (χ0) is 23.0. The van der Waals surface area contributed by atoms with Crippen LogP contribution in [0.3, 0.4) is 0 Å². The molecule has 2 amide bonds. The molecule has 0 aliphatic heterocycles. The molecule has 1 N–H and O–H groups in total. The third-order valence-electron chi connectivity index (χ3n) is 4.20. The number of hydrazone groups is 1. The molecule has 0 aliphatic carbocycles. The summed E-state index contributed by atoms with van der Waals surface area (Å²) in [6, 6.07) is 9.22. The number of amides is 2. The normalized spacial score (nSPS) is 10.6. The number of likely N-dealkylation sites (N-methyl/N-ethyl adjacent to an activating group) is 1. The summed E-state index contributed by atoms with van der Waals surface area (Å²) in [4.78, 5) is 25.2. The number of hydrogen-bond donors (Lipinski definition) is 1. The molecule has 31 heavy (non-hydrogen) atoms. The van der Waals surface area contributed by atoms with Crippen LogP contribution in [-0.4, -0.2) is 57.3 Å². The maximum atomic E-state index is 12.0. The number of halogens is 1. The Morgan fingerprint density at radius 1 is 1.10 bits per heavy atom. The van der Waals surface area contributed by atoms with Crippen LogP contribution >= 0.6 is 15.9 Å². The number of nitrogens with one attached hydrogen (secondary N) is 1. The van der Waals surface area contributed by atoms with Gasteiger partial charge in [-0.05, 0) is 64.7 Å². The summed E-state index contributed by atoms with van der Waals surface area (Å²) in [5.74, 6) is 0.930. The Morgan fingerprint density at radius 3 is 2.52 bits per heavy atom. The van der Waals surface area contributed by atoms with Crippen LogP contribution in [0.15, 0.2) is 39.9 Å². The monoisotopic (exact) mass is 491 g/mol. The van der Waals surface area contributed by atoms with E-state index in [4.69, 9.17) is 14.2 Å². The highest BCUT2D eigenvalue weighted by Gasteiger charge is 2.14. The summed E-state index contributed by atoms with van der Waals surface area (Å²) in [6.07, 6.45) is 1.47. The summed E-state index contributed by atoms with van der Waals surface area (Å²) in [5, 5.41) is 3.95. The minimum Gasteiger partial charge on any atom is -0.493 e. The van der Waals surface area contributed by atoms with Crippen molar-refractivity contribution in [1.29, 1.82) is 0 Å². The van der Waals surface area contributed by atoms with E-state index in [0.29, 0.717) is 27.3 Å². The van der Waals surface area contributed by atoms with Crippen molar-refractivity contribution in [2.45, 2.75) is 13.8 Å². The number of carbonyl (C=O) groups is 2. The van der Waals surface area contributed by atoms with Gasteiger partial charge in [0.1, 0.15) is 5.75 Å². The lowest BCUT2D eigenvalue weighted by molar-refractivity contribution is -0.130. The number of hydrogen-bond acceptors (Lipinski definition) is 6. The zero-order valence-corrected chi connectivity index (χ0v) is 19.8. The highest BCUT2D eigenvalue weighted by molar-refractivity contribution is 9.10. The van der Waals surface area contributed by atoms with E-state index in [-0.39, 0.29) is 25.0 Å². The highest BCUT2D eigenvalue weighted by Crippen LogP contribution is 2.36. The fourth-order valence-corrected chi connectivity index (χ4v) is 3.01. The molecule has 0 unspecified atom stereocenters. The van der Waals surface area contributed by atoms with Crippen molar-refractivity contribution < 1.29 is 23.8 Å². The summed E-state index contributed by atoms with van der Waals surface area (Å²) in [6.45, 7) is 3.60. The lowest BCUT2D eigenvalue weighted by Gasteiger charge is -2.15. The van der Waals surface area contributed by atoms with Gasteiger partial charge >= 0.3 is 0 Å². The van der Waals surface area contributed by atoms with Crippen molar-refractivity contribution in [2.75, 3.05) is 34.4 Å². The van der Waals surface area contributed by atoms with E-state index in [1.54, 1.807) is 26.2 Å². The fourth-order valence-electron chi connectivity index (χ4n) is 2.43. The van der Waals surface area contributed by atoms with E-state index < -0.39 is 0 Å². The van der Waals surface area contributed by atoms with Gasteiger partial charge in [0, 0.05) is 14.1 Å². The second-order valence-electron chi connectivity index (χ2n) is 6.96. The molecule has 0 heterocycles. The molecule has 9 heteroatoms. The number of carbonyl (C=O) groups excluding carboxylic acids is 2. The second kappa shape index (κ2) is 11.4. The molecule has 0 bridgehead atoms. The van der Waals surface area contributed by atoms with Gasteiger partial charge in [0.05, 0.1) is 17.8 Å². The predicted octanol–water partition coefficient (Wildman–Crippen LogP) is 3.07. The highest BCUT2D eigenvalue weighted by atomic mass is 79.9. The minimum atomic E-state index is -0.384. The smallest absolute Gasteiger partial charge is 0.277 e. The summed E-state index contributed by atoms with van der Waals surface area (Å²) < 4.78 is 17.1. The molecule has 2 aromatic carbocycles. The number of rotatable bonds is 9. The van der Waals surface area contributed by atoms with Crippen molar-refractivity contribution in [3.8, 4) is 17.2 Å². The Labute approximate surface area is 190 Å². The van der Waals surface area contributed by atoms with Crippen molar-refractivity contribution in [3.63, 3.8) is 0 Å². The number of benzene rings is 2. The first-order valence-corrected chi connectivity index (χ1v) is 10.2. The predicted molar refractivity (Wildman–Crippen MR) is 122 cm³/mol. The molecule has 0 saturated carbocycles.